The molecule has 15 heavy (non-hydrogen) atoms. The number of carbonyl (C=O) groups excluding carboxylic acids is 2. The molecule has 1 aromatic rings. The van der Waals surface area contributed by atoms with Crippen LogP contribution in [0.2, 0.25) is 0 Å². The molecule has 0 aliphatic carbocycles. The predicted octanol–water partition coefficient (Wildman–Crippen LogP) is 0.640. The lowest BCUT2D eigenvalue weighted by molar-refractivity contribution is -0.137. The molecule has 0 fully saturated rings. The van der Waals surface area contributed by atoms with E-state index in [4.69, 9.17) is 4.74 Å². The minimum Gasteiger partial charge on any atom is -0.507 e. The summed E-state index contributed by atoms with van der Waals surface area (Å²) >= 11 is 0. The van der Waals surface area contributed by atoms with Crippen molar-refractivity contribution >= 4 is 11.9 Å². The predicted molar refractivity (Wildman–Crippen MR) is 48.8 cm³/mol. The summed E-state index contributed by atoms with van der Waals surface area (Å²) in [6, 6.07) is 2.84. The molecule has 0 bridgehead atoms. The zero-order valence-electron chi connectivity index (χ0n) is 7.94. The van der Waals surface area contributed by atoms with Crippen LogP contribution in [0.4, 0.5) is 0 Å². The zero-order valence-corrected chi connectivity index (χ0v) is 7.94. The molecule has 1 aliphatic rings. The van der Waals surface area contributed by atoms with E-state index in [2.05, 4.69) is 4.74 Å². The van der Waals surface area contributed by atoms with Gasteiger partial charge in [-0.1, -0.05) is 0 Å². The lowest BCUT2D eigenvalue weighted by atomic mass is 10.0. The fraction of sp³-hybridized carbons (Fsp3) is 0.200. The Hall–Kier alpha value is -2.04. The number of aromatic hydroxyl groups is 1. The first-order valence-corrected chi connectivity index (χ1v) is 4.26. The molecule has 2 rings (SSSR count). The quantitative estimate of drug-likeness (QED) is 0.541. The summed E-state index contributed by atoms with van der Waals surface area (Å²) in [5.41, 5.74) is 0.462. The molecule has 0 aromatic heterocycles. The van der Waals surface area contributed by atoms with Crippen LogP contribution in [0.15, 0.2) is 12.1 Å². The monoisotopic (exact) mass is 208 g/mol. The van der Waals surface area contributed by atoms with E-state index in [0.717, 1.165) is 0 Å². The summed E-state index contributed by atoms with van der Waals surface area (Å²) in [5, 5.41) is 9.53. The highest BCUT2D eigenvalue weighted by molar-refractivity contribution is 6.04. The van der Waals surface area contributed by atoms with Crippen LogP contribution in [0.5, 0.6) is 11.5 Å². The molecule has 0 saturated heterocycles. The number of cyclic esters (lactones) is 2. The van der Waals surface area contributed by atoms with Crippen molar-refractivity contribution < 1.29 is 24.2 Å². The van der Waals surface area contributed by atoms with Crippen molar-refractivity contribution in [3.05, 3.63) is 23.3 Å². The third-order valence-electron chi connectivity index (χ3n) is 2.15. The topological polar surface area (TPSA) is 72.8 Å². The summed E-state index contributed by atoms with van der Waals surface area (Å²) in [6.45, 7) is 0. The van der Waals surface area contributed by atoms with E-state index in [1.807, 2.05) is 0 Å². The van der Waals surface area contributed by atoms with Gasteiger partial charge in [0, 0.05) is 6.07 Å². The van der Waals surface area contributed by atoms with E-state index in [9.17, 15) is 14.7 Å². The number of ether oxygens (including phenoxy) is 2. The summed E-state index contributed by atoms with van der Waals surface area (Å²) in [4.78, 5) is 22.3. The van der Waals surface area contributed by atoms with Crippen molar-refractivity contribution in [3.63, 3.8) is 0 Å². The Morgan fingerprint density at radius 1 is 1.40 bits per heavy atom. The summed E-state index contributed by atoms with van der Waals surface area (Å²) < 4.78 is 9.30. The van der Waals surface area contributed by atoms with Gasteiger partial charge in [-0.05, 0) is 11.6 Å². The Bertz CT molecular complexity index is 449. The third-order valence-corrected chi connectivity index (χ3v) is 2.15. The number of hydrogen-bond donors (Lipinski definition) is 1. The molecule has 1 heterocycles. The molecule has 0 spiro atoms. The highest BCUT2D eigenvalue weighted by Crippen LogP contribution is 2.31. The third kappa shape index (κ3) is 1.52. The van der Waals surface area contributed by atoms with Crippen LogP contribution >= 0.6 is 0 Å². The van der Waals surface area contributed by atoms with E-state index in [1.165, 1.54) is 19.2 Å². The van der Waals surface area contributed by atoms with Gasteiger partial charge in [-0.2, -0.15) is 0 Å². The number of methoxy groups -OCH3 is 1. The van der Waals surface area contributed by atoms with Gasteiger partial charge in [-0.25, -0.2) is 4.79 Å². The van der Waals surface area contributed by atoms with Gasteiger partial charge < -0.3 is 14.6 Å². The molecule has 5 heteroatoms. The lowest BCUT2D eigenvalue weighted by Crippen LogP contribution is -2.22. The maximum absolute atomic E-state index is 11.3. The molecular weight excluding hydrogens is 200 g/mol. The normalized spacial score (nSPS) is 14.5. The zero-order chi connectivity index (χ0) is 11.0. The molecule has 1 N–H and O–H groups in total. The first-order valence-electron chi connectivity index (χ1n) is 4.26. The molecule has 0 saturated carbocycles. The highest BCUT2D eigenvalue weighted by atomic mass is 16.6. The van der Waals surface area contributed by atoms with Gasteiger partial charge in [0.15, 0.2) is 0 Å². The Morgan fingerprint density at radius 2 is 2.13 bits per heavy atom. The Balaban J connectivity index is 2.59. The molecule has 78 valence electrons. The summed E-state index contributed by atoms with van der Waals surface area (Å²) in [5.74, 6) is -1.28. The van der Waals surface area contributed by atoms with E-state index in [1.54, 1.807) is 0 Å². The average molecular weight is 208 g/mol. The fourth-order valence-electron chi connectivity index (χ4n) is 1.50. The maximum atomic E-state index is 11.3. The minimum atomic E-state index is -0.818. The number of benzene rings is 1. The van der Waals surface area contributed by atoms with Crippen molar-refractivity contribution in [1.82, 2.24) is 0 Å². The lowest BCUT2D eigenvalue weighted by Gasteiger charge is -2.15. The van der Waals surface area contributed by atoms with Crippen LogP contribution in [0.3, 0.4) is 0 Å². The second-order valence-corrected chi connectivity index (χ2v) is 3.12. The second-order valence-electron chi connectivity index (χ2n) is 3.12. The first kappa shape index (κ1) is 9.51. The Morgan fingerprint density at radius 3 is 2.80 bits per heavy atom. The number of carbonyl (C=O) groups is 2. The van der Waals surface area contributed by atoms with Crippen LogP contribution < -0.4 is 4.74 Å². The van der Waals surface area contributed by atoms with E-state index in [0.29, 0.717) is 11.3 Å². The molecule has 1 aromatic carbocycles. The highest BCUT2D eigenvalue weighted by Gasteiger charge is 2.28. The minimum absolute atomic E-state index is 0.0359. The smallest absolute Gasteiger partial charge is 0.349 e. The summed E-state index contributed by atoms with van der Waals surface area (Å²) in [7, 11) is 1.43. The van der Waals surface area contributed by atoms with Gasteiger partial charge in [0.2, 0.25) is 0 Å². The molecule has 5 nitrogen and oxygen atoms in total. The van der Waals surface area contributed by atoms with Gasteiger partial charge in [0.05, 0.1) is 13.5 Å². The van der Waals surface area contributed by atoms with Crippen LogP contribution in [-0.2, 0) is 16.0 Å². The molecule has 0 radical (unpaired) electrons. The van der Waals surface area contributed by atoms with E-state index < -0.39 is 11.9 Å². The Kier molecular flexibility index (Phi) is 2.07. The largest absolute Gasteiger partial charge is 0.507 e. The maximum Gasteiger partial charge on any atom is 0.349 e. The molecule has 0 unspecified atom stereocenters. The number of esters is 2. The fourth-order valence-corrected chi connectivity index (χ4v) is 1.50. The van der Waals surface area contributed by atoms with E-state index >= 15 is 0 Å². The SMILES string of the molecule is COc1cc(O)c2c(c1)CC(=O)OC2=O. The van der Waals surface area contributed by atoms with Crippen molar-refractivity contribution in [2.24, 2.45) is 0 Å². The standard InChI is InChI=1S/C10H8O5/c1-14-6-2-5-3-8(12)15-10(13)9(5)7(11)4-6/h2,4,11H,3H2,1H3. The van der Waals surface area contributed by atoms with Crippen molar-refractivity contribution in [2.45, 2.75) is 6.42 Å². The van der Waals surface area contributed by atoms with E-state index in [-0.39, 0.29) is 17.7 Å². The van der Waals surface area contributed by atoms with Gasteiger partial charge in [0.25, 0.3) is 0 Å². The number of rotatable bonds is 1. The van der Waals surface area contributed by atoms with Crippen molar-refractivity contribution in [2.75, 3.05) is 7.11 Å². The Labute approximate surface area is 85.2 Å². The molecule has 0 amide bonds. The van der Waals surface area contributed by atoms with Crippen LogP contribution in [0.25, 0.3) is 0 Å². The van der Waals surface area contributed by atoms with Gasteiger partial charge in [0.1, 0.15) is 17.1 Å². The molecule has 1 aliphatic heterocycles. The number of fused-ring (bicyclic) bond motifs is 1. The number of phenolic OH excluding ortho intramolecular Hbond substituents is 1. The summed E-state index contributed by atoms with van der Waals surface area (Å²) in [6.07, 6.45) is -0.0359. The molecular formula is C10H8O5. The molecule has 0 atom stereocenters. The number of hydrogen-bond acceptors (Lipinski definition) is 5. The van der Waals surface area contributed by atoms with Gasteiger partial charge in [-0.15, -0.1) is 0 Å². The number of phenols is 1. The van der Waals surface area contributed by atoms with Crippen molar-refractivity contribution in [1.29, 1.82) is 0 Å². The van der Waals surface area contributed by atoms with Crippen LogP contribution in [-0.4, -0.2) is 24.2 Å². The second kappa shape index (κ2) is 3.27. The van der Waals surface area contributed by atoms with Gasteiger partial charge in [-0.3, -0.25) is 4.79 Å². The van der Waals surface area contributed by atoms with Crippen LogP contribution in [0, 0.1) is 0 Å². The van der Waals surface area contributed by atoms with Crippen molar-refractivity contribution in [3.8, 4) is 11.5 Å². The van der Waals surface area contributed by atoms with Crippen LogP contribution in [0.1, 0.15) is 15.9 Å². The average Bonchev–Trinajstić information content (AvgIpc) is 2.15. The van der Waals surface area contributed by atoms with Gasteiger partial charge >= 0.3 is 11.9 Å². The first-order chi connectivity index (χ1) is 7.11.